The Kier molecular flexibility index (Phi) is 5.94. The van der Waals surface area contributed by atoms with Crippen molar-refractivity contribution in [3.63, 3.8) is 0 Å². The highest BCUT2D eigenvalue weighted by atomic mass is 32.1. The van der Waals surface area contributed by atoms with E-state index in [1.54, 1.807) is 0 Å². The smallest absolute Gasteiger partial charge is 0.315 e. The van der Waals surface area contributed by atoms with Crippen LogP contribution in [0.1, 0.15) is 17.0 Å². The van der Waals surface area contributed by atoms with Crippen molar-refractivity contribution in [3.05, 3.63) is 10.6 Å². The predicted octanol–water partition coefficient (Wildman–Crippen LogP) is -0.0493. The standard InChI is InChI=1S/C11H16N4O3S/c1-7-8(2)19-11(14-7)15-10(18)9(17)13-5-3-4-12-6-16/h6H,3-5H2,1-2H3,(H,12,16)(H,13,17)(H,14,15,18). The summed E-state index contributed by atoms with van der Waals surface area (Å²) in [5, 5.41) is 7.77. The first-order valence-corrected chi connectivity index (χ1v) is 6.56. The van der Waals surface area contributed by atoms with E-state index in [1.807, 2.05) is 13.8 Å². The van der Waals surface area contributed by atoms with Gasteiger partial charge in [-0.1, -0.05) is 0 Å². The first-order valence-electron chi connectivity index (χ1n) is 5.75. The number of aromatic nitrogens is 1. The van der Waals surface area contributed by atoms with E-state index in [9.17, 15) is 14.4 Å². The average Bonchev–Trinajstić information content (AvgIpc) is 2.67. The third kappa shape index (κ3) is 5.04. The van der Waals surface area contributed by atoms with E-state index in [4.69, 9.17) is 0 Å². The van der Waals surface area contributed by atoms with Gasteiger partial charge in [-0.25, -0.2) is 4.98 Å². The molecule has 1 rings (SSSR count). The van der Waals surface area contributed by atoms with Crippen LogP contribution in [0, 0.1) is 13.8 Å². The molecule has 3 amide bonds. The second-order valence-corrected chi connectivity index (χ2v) is 5.00. The van der Waals surface area contributed by atoms with Gasteiger partial charge in [-0.05, 0) is 20.3 Å². The van der Waals surface area contributed by atoms with Crippen molar-refractivity contribution in [1.29, 1.82) is 0 Å². The van der Waals surface area contributed by atoms with Crippen LogP contribution in [0.3, 0.4) is 0 Å². The van der Waals surface area contributed by atoms with Crippen molar-refractivity contribution in [2.45, 2.75) is 20.3 Å². The van der Waals surface area contributed by atoms with Crippen molar-refractivity contribution in [1.82, 2.24) is 15.6 Å². The van der Waals surface area contributed by atoms with Crippen molar-refractivity contribution in [2.75, 3.05) is 18.4 Å². The second-order valence-electron chi connectivity index (χ2n) is 3.80. The summed E-state index contributed by atoms with van der Waals surface area (Å²) >= 11 is 1.32. The minimum absolute atomic E-state index is 0.322. The summed E-state index contributed by atoms with van der Waals surface area (Å²) in [6.45, 7) is 4.50. The number of anilines is 1. The van der Waals surface area contributed by atoms with Crippen molar-refractivity contribution >= 4 is 34.7 Å². The third-order valence-electron chi connectivity index (χ3n) is 2.32. The Morgan fingerprint density at radius 1 is 1.26 bits per heavy atom. The molecule has 104 valence electrons. The van der Waals surface area contributed by atoms with Gasteiger partial charge >= 0.3 is 11.8 Å². The fourth-order valence-electron chi connectivity index (χ4n) is 1.21. The SMILES string of the molecule is Cc1nc(NC(=O)C(=O)NCCCNC=O)sc1C. The van der Waals surface area contributed by atoms with Gasteiger partial charge in [-0.15, -0.1) is 11.3 Å². The van der Waals surface area contributed by atoms with E-state index in [0.717, 1.165) is 10.6 Å². The van der Waals surface area contributed by atoms with E-state index in [0.29, 0.717) is 31.1 Å². The fraction of sp³-hybridized carbons (Fsp3) is 0.455. The van der Waals surface area contributed by atoms with Crippen LogP contribution in [0.15, 0.2) is 0 Å². The molecule has 7 nitrogen and oxygen atoms in total. The predicted molar refractivity (Wildman–Crippen MR) is 71.9 cm³/mol. The van der Waals surface area contributed by atoms with Gasteiger partial charge in [0, 0.05) is 18.0 Å². The van der Waals surface area contributed by atoms with Crippen LogP contribution in [0.5, 0.6) is 0 Å². The lowest BCUT2D eigenvalue weighted by molar-refractivity contribution is -0.136. The number of rotatable bonds is 6. The van der Waals surface area contributed by atoms with Gasteiger partial charge in [0.05, 0.1) is 5.69 Å². The molecule has 19 heavy (non-hydrogen) atoms. The van der Waals surface area contributed by atoms with E-state index >= 15 is 0 Å². The van der Waals surface area contributed by atoms with Crippen LogP contribution >= 0.6 is 11.3 Å². The van der Waals surface area contributed by atoms with Crippen molar-refractivity contribution in [3.8, 4) is 0 Å². The normalized spacial score (nSPS) is 9.79. The molecule has 0 bridgehead atoms. The number of amides is 3. The largest absolute Gasteiger partial charge is 0.359 e. The number of nitrogens with zero attached hydrogens (tertiary/aromatic N) is 1. The molecule has 0 aliphatic heterocycles. The van der Waals surface area contributed by atoms with Crippen LogP contribution in [-0.2, 0) is 14.4 Å². The minimum atomic E-state index is -0.739. The lowest BCUT2D eigenvalue weighted by atomic mass is 10.4. The fourth-order valence-corrected chi connectivity index (χ4v) is 2.02. The van der Waals surface area contributed by atoms with Gasteiger partial charge in [0.15, 0.2) is 5.13 Å². The van der Waals surface area contributed by atoms with Gasteiger partial charge in [-0.2, -0.15) is 0 Å². The zero-order valence-corrected chi connectivity index (χ0v) is 11.6. The van der Waals surface area contributed by atoms with E-state index in [-0.39, 0.29) is 0 Å². The Balaban J connectivity index is 2.32. The Labute approximate surface area is 114 Å². The summed E-state index contributed by atoms with van der Waals surface area (Å²) in [6.07, 6.45) is 1.15. The number of hydrogen-bond acceptors (Lipinski definition) is 5. The zero-order chi connectivity index (χ0) is 14.3. The molecule has 1 heterocycles. The third-order valence-corrected chi connectivity index (χ3v) is 3.31. The Morgan fingerprint density at radius 3 is 2.58 bits per heavy atom. The molecule has 0 fully saturated rings. The molecular formula is C11H16N4O3S. The molecule has 8 heteroatoms. The molecule has 3 N–H and O–H groups in total. The molecule has 0 atom stereocenters. The Bertz CT molecular complexity index is 453. The summed E-state index contributed by atoms with van der Waals surface area (Å²) in [5.41, 5.74) is 0.834. The molecule has 0 radical (unpaired) electrons. The molecule has 0 aliphatic carbocycles. The number of aryl methyl sites for hydroxylation is 2. The van der Waals surface area contributed by atoms with Crippen molar-refractivity contribution < 1.29 is 14.4 Å². The quantitative estimate of drug-likeness (QED) is 0.387. The number of carbonyl (C=O) groups is 3. The molecular weight excluding hydrogens is 268 g/mol. The monoisotopic (exact) mass is 284 g/mol. The summed E-state index contributed by atoms with van der Waals surface area (Å²) in [7, 11) is 0. The Morgan fingerprint density at radius 2 is 2.00 bits per heavy atom. The van der Waals surface area contributed by atoms with Crippen LogP contribution in [0.25, 0.3) is 0 Å². The first-order chi connectivity index (χ1) is 9.04. The summed E-state index contributed by atoms with van der Waals surface area (Å²) in [5.74, 6) is -1.45. The van der Waals surface area contributed by atoms with Crippen LogP contribution in [0.2, 0.25) is 0 Å². The maximum Gasteiger partial charge on any atom is 0.315 e. The van der Waals surface area contributed by atoms with Gasteiger partial charge in [0.25, 0.3) is 0 Å². The van der Waals surface area contributed by atoms with Crippen LogP contribution in [0.4, 0.5) is 5.13 Å². The Hall–Kier alpha value is -1.96. The van der Waals surface area contributed by atoms with Gasteiger partial charge in [0.2, 0.25) is 6.41 Å². The summed E-state index contributed by atoms with van der Waals surface area (Å²) in [4.78, 5) is 38.0. The first kappa shape index (κ1) is 15.1. The van der Waals surface area contributed by atoms with E-state index in [1.165, 1.54) is 11.3 Å². The highest BCUT2D eigenvalue weighted by molar-refractivity contribution is 7.15. The molecule has 0 unspecified atom stereocenters. The summed E-state index contributed by atoms with van der Waals surface area (Å²) in [6, 6.07) is 0. The van der Waals surface area contributed by atoms with E-state index < -0.39 is 11.8 Å². The highest BCUT2D eigenvalue weighted by Crippen LogP contribution is 2.20. The van der Waals surface area contributed by atoms with Gasteiger partial charge in [-0.3, -0.25) is 19.7 Å². The summed E-state index contributed by atoms with van der Waals surface area (Å²) < 4.78 is 0. The lowest BCUT2D eigenvalue weighted by Gasteiger charge is -2.04. The molecule has 0 aliphatic rings. The number of hydrogen-bond donors (Lipinski definition) is 3. The maximum atomic E-state index is 11.5. The van der Waals surface area contributed by atoms with Crippen LogP contribution in [-0.4, -0.2) is 36.3 Å². The molecule has 0 aromatic carbocycles. The molecule has 1 aromatic rings. The second kappa shape index (κ2) is 7.47. The number of nitrogens with one attached hydrogen (secondary N) is 3. The molecule has 1 aromatic heterocycles. The number of thiazole rings is 1. The van der Waals surface area contributed by atoms with Gasteiger partial charge < -0.3 is 10.6 Å². The molecule has 0 spiro atoms. The minimum Gasteiger partial charge on any atom is -0.359 e. The lowest BCUT2D eigenvalue weighted by Crippen LogP contribution is -2.36. The van der Waals surface area contributed by atoms with Crippen molar-refractivity contribution in [2.24, 2.45) is 0 Å². The average molecular weight is 284 g/mol. The maximum absolute atomic E-state index is 11.5. The number of carbonyl (C=O) groups excluding carboxylic acids is 3. The van der Waals surface area contributed by atoms with Crippen LogP contribution < -0.4 is 16.0 Å². The van der Waals surface area contributed by atoms with E-state index in [2.05, 4.69) is 20.9 Å². The highest BCUT2D eigenvalue weighted by Gasteiger charge is 2.15. The van der Waals surface area contributed by atoms with Gasteiger partial charge in [0.1, 0.15) is 0 Å². The molecule has 0 saturated heterocycles. The zero-order valence-electron chi connectivity index (χ0n) is 10.8. The molecule has 0 saturated carbocycles. The topological polar surface area (TPSA) is 100 Å².